The SMILES string of the molecule is Cc1ccc([C@@H](O)[C@H](C)N)cc1C. The van der Waals surface area contributed by atoms with Gasteiger partial charge in [0.15, 0.2) is 0 Å². The molecule has 0 amide bonds. The highest BCUT2D eigenvalue weighted by Gasteiger charge is 2.12. The van der Waals surface area contributed by atoms with Gasteiger partial charge in [-0.3, -0.25) is 0 Å². The third-order valence-electron chi connectivity index (χ3n) is 2.37. The molecule has 0 aliphatic carbocycles. The largest absolute Gasteiger partial charge is 0.387 e. The Morgan fingerprint density at radius 1 is 1.23 bits per heavy atom. The minimum Gasteiger partial charge on any atom is -0.387 e. The lowest BCUT2D eigenvalue weighted by atomic mass is 9.99. The van der Waals surface area contributed by atoms with Crippen molar-refractivity contribution in [2.45, 2.75) is 32.9 Å². The minimum absolute atomic E-state index is 0.220. The van der Waals surface area contributed by atoms with E-state index in [1.54, 1.807) is 6.92 Å². The number of aryl methyl sites for hydroxylation is 2. The van der Waals surface area contributed by atoms with Crippen molar-refractivity contribution in [3.8, 4) is 0 Å². The summed E-state index contributed by atoms with van der Waals surface area (Å²) < 4.78 is 0. The fourth-order valence-corrected chi connectivity index (χ4v) is 1.25. The van der Waals surface area contributed by atoms with E-state index < -0.39 is 6.10 Å². The lowest BCUT2D eigenvalue weighted by molar-refractivity contribution is 0.153. The van der Waals surface area contributed by atoms with Gasteiger partial charge in [-0.1, -0.05) is 18.2 Å². The number of rotatable bonds is 2. The first-order chi connectivity index (χ1) is 6.02. The first-order valence-corrected chi connectivity index (χ1v) is 4.53. The van der Waals surface area contributed by atoms with Crippen molar-refractivity contribution >= 4 is 0 Å². The van der Waals surface area contributed by atoms with Crippen LogP contribution >= 0.6 is 0 Å². The van der Waals surface area contributed by atoms with E-state index in [2.05, 4.69) is 6.92 Å². The van der Waals surface area contributed by atoms with E-state index in [1.807, 2.05) is 25.1 Å². The average molecular weight is 179 g/mol. The molecule has 0 bridgehead atoms. The van der Waals surface area contributed by atoms with Gasteiger partial charge in [-0.15, -0.1) is 0 Å². The summed E-state index contributed by atoms with van der Waals surface area (Å²) in [4.78, 5) is 0. The third kappa shape index (κ3) is 2.29. The predicted octanol–water partition coefficient (Wildman–Crippen LogP) is 1.68. The second kappa shape index (κ2) is 3.90. The minimum atomic E-state index is -0.556. The Bertz CT molecular complexity index is 294. The number of hydrogen-bond acceptors (Lipinski definition) is 2. The van der Waals surface area contributed by atoms with Crippen LogP contribution in [0.25, 0.3) is 0 Å². The van der Waals surface area contributed by atoms with Crippen molar-refractivity contribution in [3.63, 3.8) is 0 Å². The van der Waals surface area contributed by atoms with Crippen LogP contribution in [0.4, 0.5) is 0 Å². The molecule has 0 aliphatic heterocycles. The fraction of sp³-hybridized carbons (Fsp3) is 0.455. The van der Waals surface area contributed by atoms with Crippen LogP contribution in [0.5, 0.6) is 0 Å². The van der Waals surface area contributed by atoms with Crippen molar-refractivity contribution in [1.29, 1.82) is 0 Å². The molecule has 0 heterocycles. The Kier molecular flexibility index (Phi) is 3.07. The maximum Gasteiger partial charge on any atom is 0.0938 e. The van der Waals surface area contributed by atoms with E-state index in [-0.39, 0.29) is 6.04 Å². The van der Waals surface area contributed by atoms with Crippen LogP contribution < -0.4 is 5.73 Å². The van der Waals surface area contributed by atoms with Crippen LogP contribution in [-0.4, -0.2) is 11.1 Å². The van der Waals surface area contributed by atoms with Gasteiger partial charge in [-0.25, -0.2) is 0 Å². The molecule has 1 aromatic rings. The zero-order chi connectivity index (χ0) is 10.0. The van der Waals surface area contributed by atoms with Gasteiger partial charge < -0.3 is 10.8 Å². The Morgan fingerprint density at radius 3 is 2.31 bits per heavy atom. The van der Waals surface area contributed by atoms with E-state index in [0.29, 0.717) is 0 Å². The molecule has 2 atom stereocenters. The van der Waals surface area contributed by atoms with Crippen molar-refractivity contribution in [1.82, 2.24) is 0 Å². The van der Waals surface area contributed by atoms with Gasteiger partial charge in [-0.05, 0) is 37.5 Å². The molecule has 0 spiro atoms. The Hall–Kier alpha value is -0.860. The predicted molar refractivity (Wildman–Crippen MR) is 54.5 cm³/mol. The second-order valence-electron chi connectivity index (χ2n) is 3.65. The van der Waals surface area contributed by atoms with Gasteiger partial charge in [0.25, 0.3) is 0 Å². The summed E-state index contributed by atoms with van der Waals surface area (Å²) in [5, 5.41) is 9.69. The summed E-state index contributed by atoms with van der Waals surface area (Å²) in [5.41, 5.74) is 8.94. The lowest BCUT2D eigenvalue weighted by Gasteiger charge is -2.15. The normalized spacial score (nSPS) is 15.5. The summed E-state index contributed by atoms with van der Waals surface area (Å²) in [7, 11) is 0. The number of benzene rings is 1. The highest BCUT2D eigenvalue weighted by Crippen LogP contribution is 2.18. The third-order valence-corrected chi connectivity index (χ3v) is 2.37. The smallest absolute Gasteiger partial charge is 0.0938 e. The van der Waals surface area contributed by atoms with Crippen LogP contribution in [0.3, 0.4) is 0 Å². The molecule has 13 heavy (non-hydrogen) atoms. The molecule has 0 unspecified atom stereocenters. The maximum atomic E-state index is 9.69. The van der Waals surface area contributed by atoms with E-state index in [9.17, 15) is 5.11 Å². The molecular formula is C11H17NO. The number of aliphatic hydroxyl groups excluding tert-OH is 1. The van der Waals surface area contributed by atoms with Crippen LogP contribution in [0.2, 0.25) is 0 Å². The molecule has 0 saturated heterocycles. The molecule has 2 heteroatoms. The van der Waals surface area contributed by atoms with E-state index >= 15 is 0 Å². The summed E-state index contributed by atoms with van der Waals surface area (Å²) >= 11 is 0. The molecule has 0 aromatic heterocycles. The van der Waals surface area contributed by atoms with Gasteiger partial charge in [0.1, 0.15) is 0 Å². The molecule has 0 fully saturated rings. The van der Waals surface area contributed by atoms with Gasteiger partial charge in [0.05, 0.1) is 6.10 Å². The van der Waals surface area contributed by atoms with Crippen LogP contribution in [0.1, 0.15) is 29.7 Å². The standard InChI is InChI=1S/C11H17NO/c1-7-4-5-10(6-8(7)2)11(13)9(3)12/h4-6,9,11,13H,12H2,1-3H3/t9-,11-/m0/s1. The highest BCUT2D eigenvalue weighted by atomic mass is 16.3. The molecular weight excluding hydrogens is 162 g/mol. The first-order valence-electron chi connectivity index (χ1n) is 4.53. The number of nitrogens with two attached hydrogens (primary N) is 1. The number of aliphatic hydroxyl groups is 1. The zero-order valence-electron chi connectivity index (χ0n) is 8.41. The monoisotopic (exact) mass is 179 g/mol. The molecule has 2 nitrogen and oxygen atoms in total. The van der Waals surface area contributed by atoms with Crippen molar-refractivity contribution in [2.24, 2.45) is 5.73 Å². The van der Waals surface area contributed by atoms with Crippen molar-refractivity contribution in [2.75, 3.05) is 0 Å². The molecule has 1 rings (SSSR count). The Labute approximate surface area is 79.4 Å². The van der Waals surface area contributed by atoms with Gasteiger partial charge in [-0.2, -0.15) is 0 Å². The summed E-state index contributed by atoms with van der Waals surface area (Å²) in [5.74, 6) is 0. The molecule has 0 radical (unpaired) electrons. The molecule has 3 N–H and O–H groups in total. The Morgan fingerprint density at radius 2 is 1.85 bits per heavy atom. The quantitative estimate of drug-likeness (QED) is 0.725. The lowest BCUT2D eigenvalue weighted by Crippen LogP contribution is -2.24. The highest BCUT2D eigenvalue weighted by molar-refractivity contribution is 5.31. The van der Waals surface area contributed by atoms with Crippen molar-refractivity contribution < 1.29 is 5.11 Å². The van der Waals surface area contributed by atoms with Gasteiger partial charge >= 0.3 is 0 Å². The number of hydrogen-bond donors (Lipinski definition) is 2. The van der Waals surface area contributed by atoms with Crippen molar-refractivity contribution in [3.05, 3.63) is 34.9 Å². The van der Waals surface area contributed by atoms with E-state index in [0.717, 1.165) is 5.56 Å². The average Bonchev–Trinajstić information content (AvgIpc) is 2.08. The Balaban J connectivity index is 2.97. The van der Waals surface area contributed by atoms with Gasteiger partial charge in [0.2, 0.25) is 0 Å². The zero-order valence-corrected chi connectivity index (χ0v) is 8.41. The summed E-state index contributed by atoms with van der Waals surface area (Å²) in [6.45, 7) is 5.89. The summed E-state index contributed by atoms with van der Waals surface area (Å²) in [6.07, 6.45) is -0.556. The summed E-state index contributed by atoms with van der Waals surface area (Å²) in [6, 6.07) is 5.71. The van der Waals surface area contributed by atoms with E-state index in [4.69, 9.17) is 5.73 Å². The molecule has 0 aliphatic rings. The van der Waals surface area contributed by atoms with Crippen LogP contribution in [-0.2, 0) is 0 Å². The molecule has 72 valence electrons. The molecule has 1 aromatic carbocycles. The fourth-order valence-electron chi connectivity index (χ4n) is 1.25. The van der Waals surface area contributed by atoms with E-state index in [1.165, 1.54) is 11.1 Å². The van der Waals surface area contributed by atoms with Crippen LogP contribution in [0, 0.1) is 13.8 Å². The first kappa shape index (κ1) is 10.2. The topological polar surface area (TPSA) is 46.2 Å². The molecule has 0 saturated carbocycles. The maximum absolute atomic E-state index is 9.69. The van der Waals surface area contributed by atoms with Crippen LogP contribution in [0.15, 0.2) is 18.2 Å². The van der Waals surface area contributed by atoms with Gasteiger partial charge in [0, 0.05) is 6.04 Å². The second-order valence-corrected chi connectivity index (χ2v) is 3.65.